The van der Waals surface area contributed by atoms with Gasteiger partial charge in [0.25, 0.3) is 0 Å². The minimum Gasteiger partial charge on any atom is -0.399 e. The fourth-order valence-corrected chi connectivity index (χ4v) is 3.21. The molecule has 0 radical (unpaired) electrons. The Morgan fingerprint density at radius 3 is 2.76 bits per heavy atom. The first-order valence-electron chi connectivity index (χ1n) is 6.23. The highest BCUT2D eigenvalue weighted by Crippen LogP contribution is 2.37. The largest absolute Gasteiger partial charge is 0.399 e. The SMILES string of the molecule is CC1(C)CCC(NCc2cc(N)cc(Br)c2)C1. The number of nitrogens with one attached hydrogen (secondary N) is 1. The number of halogens is 1. The van der Waals surface area contributed by atoms with Crippen LogP contribution in [0.4, 0.5) is 5.69 Å². The molecule has 1 atom stereocenters. The van der Waals surface area contributed by atoms with Crippen molar-refractivity contribution in [3.8, 4) is 0 Å². The quantitative estimate of drug-likeness (QED) is 0.835. The summed E-state index contributed by atoms with van der Waals surface area (Å²) in [6.07, 6.45) is 3.89. The van der Waals surface area contributed by atoms with E-state index in [9.17, 15) is 0 Å². The second-order valence-electron chi connectivity index (χ2n) is 5.88. The van der Waals surface area contributed by atoms with E-state index in [1.165, 1.54) is 24.8 Å². The van der Waals surface area contributed by atoms with Crippen LogP contribution in [0.1, 0.15) is 38.7 Å². The van der Waals surface area contributed by atoms with Gasteiger partial charge < -0.3 is 11.1 Å². The smallest absolute Gasteiger partial charge is 0.0328 e. The van der Waals surface area contributed by atoms with E-state index in [2.05, 4.69) is 41.2 Å². The molecule has 2 rings (SSSR count). The maximum Gasteiger partial charge on any atom is 0.0328 e. The second-order valence-corrected chi connectivity index (χ2v) is 6.79. The first-order chi connectivity index (χ1) is 7.94. The Balaban J connectivity index is 1.90. The summed E-state index contributed by atoms with van der Waals surface area (Å²) < 4.78 is 1.06. The van der Waals surface area contributed by atoms with Crippen molar-refractivity contribution in [2.45, 2.75) is 45.7 Å². The van der Waals surface area contributed by atoms with Crippen molar-refractivity contribution >= 4 is 21.6 Å². The number of anilines is 1. The zero-order chi connectivity index (χ0) is 12.5. The summed E-state index contributed by atoms with van der Waals surface area (Å²) in [6.45, 7) is 5.61. The number of hydrogen-bond acceptors (Lipinski definition) is 2. The van der Waals surface area contributed by atoms with E-state index in [1.807, 2.05) is 12.1 Å². The fourth-order valence-electron chi connectivity index (χ4n) is 2.65. The Kier molecular flexibility index (Phi) is 3.79. The Bertz CT molecular complexity index is 381. The topological polar surface area (TPSA) is 38.0 Å². The van der Waals surface area contributed by atoms with E-state index >= 15 is 0 Å². The van der Waals surface area contributed by atoms with Crippen molar-refractivity contribution < 1.29 is 0 Å². The lowest BCUT2D eigenvalue weighted by Gasteiger charge is -2.18. The maximum atomic E-state index is 5.83. The first-order valence-corrected chi connectivity index (χ1v) is 7.02. The van der Waals surface area contributed by atoms with E-state index < -0.39 is 0 Å². The average Bonchev–Trinajstić information content (AvgIpc) is 2.54. The third-order valence-electron chi connectivity index (χ3n) is 3.54. The molecule has 1 aliphatic rings. The van der Waals surface area contributed by atoms with E-state index in [0.717, 1.165) is 16.7 Å². The minimum absolute atomic E-state index is 0.508. The van der Waals surface area contributed by atoms with Gasteiger partial charge in [-0.15, -0.1) is 0 Å². The number of hydrogen-bond donors (Lipinski definition) is 2. The molecule has 3 N–H and O–H groups in total. The van der Waals surface area contributed by atoms with Crippen LogP contribution in [0, 0.1) is 5.41 Å². The van der Waals surface area contributed by atoms with Crippen LogP contribution in [0.25, 0.3) is 0 Å². The highest BCUT2D eigenvalue weighted by Gasteiger charge is 2.30. The Labute approximate surface area is 112 Å². The van der Waals surface area contributed by atoms with Gasteiger partial charge in [-0.05, 0) is 48.4 Å². The van der Waals surface area contributed by atoms with Crippen molar-refractivity contribution in [2.24, 2.45) is 5.41 Å². The zero-order valence-corrected chi connectivity index (χ0v) is 12.2. The molecular formula is C14H21BrN2. The molecule has 1 unspecified atom stereocenters. The van der Waals surface area contributed by atoms with Crippen LogP contribution in [0.5, 0.6) is 0 Å². The van der Waals surface area contributed by atoms with Gasteiger partial charge in [0.1, 0.15) is 0 Å². The van der Waals surface area contributed by atoms with Crippen LogP contribution >= 0.6 is 15.9 Å². The Morgan fingerprint density at radius 2 is 2.18 bits per heavy atom. The van der Waals surface area contributed by atoms with Crippen molar-refractivity contribution in [2.75, 3.05) is 5.73 Å². The molecule has 1 aromatic rings. The summed E-state index contributed by atoms with van der Waals surface area (Å²) in [6, 6.07) is 6.76. The summed E-state index contributed by atoms with van der Waals surface area (Å²) in [5, 5.41) is 3.63. The molecule has 2 nitrogen and oxygen atoms in total. The van der Waals surface area contributed by atoms with Crippen LogP contribution in [-0.4, -0.2) is 6.04 Å². The predicted octanol–water partition coefficient (Wildman–Crippen LogP) is 3.70. The van der Waals surface area contributed by atoms with Gasteiger partial charge in [0, 0.05) is 22.7 Å². The van der Waals surface area contributed by atoms with E-state index in [4.69, 9.17) is 5.73 Å². The second kappa shape index (κ2) is 4.99. The summed E-state index contributed by atoms with van der Waals surface area (Å²) in [5.41, 5.74) is 8.41. The molecule has 1 saturated carbocycles. The molecule has 94 valence electrons. The van der Waals surface area contributed by atoms with E-state index in [1.54, 1.807) is 0 Å². The summed E-state index contributed by atoms with van der Waals surface area (Å²) in [4.78, 5) is 0. The average molecular weight is 297 g/mol. The summed E-state index contributed by atoms with van der Waals surface area (Å²) >= 11 is 3.48. The van der Waals surface area contributed by atoms with Gasteiger partial charge in [-0.1, -0.05) is 29.8 Å². The van der Waals surface area contributed by atoms with E-state index in [0.29, 0.717) is 11.5 Å². The highest BCUT2D eigenvalue weighted by atomic mass is 79.9. The molecule has 17 heavy (non-hydrogen) atoms. The van der Waals surface area contributed by atoms with Crippen LogP contribution in [0.2, 0.25) is 0 Å². The van der Waals surface area contributed by atoms with Crippen molar-refractivity contribution in [1.82, 2.24) is 5.32 Å². The van der Waals surface area contributed by atoms with Crippen LogP contribution in [0.3, 0.4) is 0 Å². The van der Waals surface area contributed by atoms with Crippen LogP contribution < -0.4 is 11.1 Å². The lowest BCUT2D eigenvalue weighted by molar-refractivity contribution is 0.364. The predicted molar refractivity (Wildman–Crippen MR) is 76.8 cm³/mol. The molecule has 0 saturated heterocycles. The van der Waals surface area contributed by atoms with Gasteiger partial charge in [0.15, 0.2) is 0 Å². The fraction of sp³-hybridized carbons (Fsp3) is 0.571. The lowest BCUT2D eigenvalue weighted by atomic mass is 9.92. The standard InChI is InChI=1S/C14H21BrN2/c1-14(2)4-3-13(8-14)17-9-10-5-11(15)7-12(16)6-10/h5-7,13,17H,3-4,8-9,16H2,1-2H3. The molecule has 0 heterocycles. The molecule has 0 aliphatic heterocycles. The number of nitrogens with two attached hydrogens (primary N) is 1. The maximum absolute atomic E-state index is 5.83. The molecule has 0 amide bonds. The molecule has 1 aromatic carbocycles. The van der Waals surface area contributed by atoms with Gasteiger partial charge in [0.2, 0.25) is 0 Å². The van der Waals surface area contributed by atoms with Gasteiger partial charge in [-0.2, -0.15) is 0 Å². The molecule has 0 bridgehead atoms. The zero-order valence-electron chi connectivity index (χ0n) is 10.6. The molecule has 0 spiro atoms. The monoisotopic (exact) mass is 296 g/mol. The van der Waals surface area contributed by atoms with E-state index in [-0.39, 0.29) is 0 Å². The van der Waals surface area contributed by atoms with Gasteiger partial charge in [0.05, 0.1) is 0 Å². The molecule has 1 fully saturated rings. The first kappa shape index (κ1) is 12.9. The van der Waals surface area contributed by atoms with Gasteiger partial charge in [-0.3, -0.25) is 0 Å². The van der Waals surface area contributed by atoms with Crippen LogP contribution in [-0.2, 0) is 6.54 Å². The number of benzene rings is 1. The van der Waals surface area contributed by atoms with Gasteiger partial charge >= 0.3 is 0 Å². The van der Waals surface area contributed by atoms with Gasteiger partial charge in [-0.25, -0.2) is 0 Å². The molecular weight excluding hydrogens is 276 g/mol. The normalized spacial score (nSPS) is 22.9. The Morgan fingerprint density at radius 1 is 1.41 bits per heavy atom. The van der Waals surface area contributed by atoms with Crippen LogP contribution in [0.15, 0.2) is 22.7 Å². The molecule has 0 aromatic heterocycles. The summed E-state index contributed by atoms with van der Waals surface area (Å²) in [5.74, 6) is 0. The third kappa shape index (κ3) is 3.71. The Hall–Kier alpha value is -0.540. The highest BCUT2D eigenvalue weighted by molar-refractivity contribution is 9.10. The van der Waals surface area contributed by atoms with Crippen molar-refractivity contribution in [3.63, 3.8) is 0 Å². The third-order valence-corrected chi connectivity index (χ3v) is 4.00. The molecule has 1 aliphatic carbocycles. The number of nitrogen functional groups attached to an aromatic ring is 1. The number of rotatable bonds is 3. The van der Waals surface area contributed by atoms with Crippen molar-refractivity contribution in [3.05, 3.63) is 28.2 Å². The minimum atomic E-state index is 0.508. The lowest BCUT2D eigenvalue weighted by Crippen LogP contribution is -2.26. The van der Waals surface area contributed by atoms with Crippen molar-refractivity contribution in [1.29, 1.82) is 0 Å². The summed E-state index contributed by atoms with van der Waals surface area (Å²) in [7, 11) is 0. The molecule has 3 heteroatoms.